The number of benzene rings is 2. The highest BCUT2D eigenvalue weighted by Crippen LogP contribution is 2.25. The first-order chi connectivity index (χ1) is 13.5. The molecule has 5 N–H and O–H groups in total. The molecule has 0 aliphatic rings. The number of hydrogen-bond acceptors (Lipinski definition) is 6. The summed E-state index contributed by atoms with van der Waals surface area (Å²) in [5.41, 5.74) is 5.95. The van der Waals surface area contributed by atoms with Gasteiger partial charge in [-0.1, -0.05) is 0 Å². The maximum absolute atomic E-state index is 13.8. The van der Waals surface area contributed by atoms with E-state index in [1.165, 1.54) is 37.4 Å². The Morgan fingerprint density at radius 1 is 1.14 bits per heavy atom. The molecule has 0 radical (unpaired) electrons. The summed E-state index contributed by atoms with van der Waals surface area (Å²) in [6.45, 7) is 5.15. The lowest BCUT2D eigenvalue weighted by atomic mass is 10.1. The lowest BCUT2D eigenvalue weighted by molar-refractivity contribution is 0.0563. The van der Waals surface area contributed by atoms with Crippen LogP contribution in [0.4, 0.5) is 20.6 Å². The molecule has 9 heteroatoms. The maximum Gasteiger partial charge on any atom is 0.413 e. The SMILES string of the molecule is COc1cc(N)c(C(=O)Nc2ccc(C(=N)NC(=O)OC(C)(C)C)cc2)cc1F. The number of alkyl carbamates (subject to hydrolysis) is 1. The minimum absolute atomic E-state index is 0.0355. The average Bonchev–Trinajstić information content (AvgIpc) is 2.62. The predicted octanol–water partition coefficient (Wildman–Crippen LogP) is 3.52. The van der Waals surface area contributed by atoms with Crippen molar-refractivity contribution >= 4 is 29.2 Å². The van der Waals surface area contributed by atoms with E-state index in [1.807, 2.05) is 0 Å². The molecular weight excluding hydrogens is 379 g/mol. The molecule has 0 atom stereocenters. The molecule has 0 aliphatic carbocycles. The largest absolute Gasteiger partial charge is 0.494 e. The Hall–Kier alpha value is -3.62. The van der Waals surface area contributed by atoms with E-state index in [2.05, 4.69) is 10.6 Å². The summed E-state index contributed by atoms with van der Waals surface area (Å²) in [5, 5.41) is 12.9. The number of carbonyl (C=O) groups is 2. The fraction of sp³-hybridized carbons (Fsp3) is 0.250. The minimum atomic E-state index is -0.739. The molecule has 2 aromatic carbocycles. The van der Waals surface area contributed by atoms with Gasteiger partial charge in [-0.2, -0.15) is 0 Å². The number of amidine groups is 1. The molecule has 0 saturated heterocycles. The van der Waals surface area contributed by atoms with Gasteiger partial charge in [0.15, 0.2) is 11.6 Å². The van der Waals surface area contributed by atoms with Gasteiger partial charge in [-0.3, -0.25) is 15.5 Å². The number of methoxy groups -OCH3 is 1. The van der Waals surface area contributed by atoms with Crippen molar-refractivity contribution in [2.45, 2.75) is 26.4 Å². The van der Waals surface area contributed by atoms with Crippen LogP contribution < -0.4 is 21.1 Å². The summed E-state index contributed by atoms with van der Waals surface area (Å²) in [4.78, 5) is 24.1. The van der Waals surface area contributed by atoms with Gasteiger partial charge in [0, 0.05) is 23.0 Å². The van der Waals surface area contributed by atoms with Crippen LogP contribution in [-0.2, 0) is 4.74 Å². The van der Waals surface area contributed by atoms with Crippen LogP contribution in [0, 0.1) is 11.2 Å². The molecule has 0 unspecified atom stereocenters. The lowest BCUT2D eigenvalue weighted by Crippen LogP contribution is -2.36. The zero-order valence-electron chi connectivity index (χ0n) is 16.6. The Labute approximate surface area is 167 Å². The van der Waals surface area contributed by atoms with Crippen LogP contribution in [-0.4, -0.2) is 30.5 Å². The number of nitrogens with one attached hydrogen (secondary N) is 3. The molecule has 0 spiro atoms. The van der Waals surface area contributed by atoms with Gasteiger partial charge in [0.2, 0.25) is 0 Å². The highest BCUT2D eigenvalue weighted by atomic mass is 19.1. The first-order valence-corrected chi connectivity index (χ1v) is 8.63. The van der Waals surface area contributed by atoms with Crippen molar-refractivity contribution in [3.8, 4) is 5.75 Å². The standard InChI is InChI=1S/C20H23FN4O4/c1-20(2,3)29-19(27)25-17(23)11-5-7-12(8-6-11)24-18(26)13-9-14(21)16(28-4)10-15(13)22/h5-10H,22H2,1-4H3,(H,24,26)(H2,23,25,27). The topological polar surface area (TPSA) is 127 Å². The molecule has 2 rings (SSSR count). The highest BCUT2D eigenvalue weighted by Gasteiger charge is 2.18. The lowest BCUT2D eigenvalue weighted by Gasteiger charge is -2.19. The van der Waals surface area contributed by atoms with Crippen molar-refractivity contribution in [3.63, 3.8) is 0 Å². The van der Waals surface area contributed by atoms with Crippen LogP contribution in [0.15, 0.2) is 36.4 Å². The molecule has 154 valence electrons. The molecule has 2 amide bonds. The summed E-state index contributed by atoms with van der Waals surface area (Å²) >= 11 is 0. The Bertz CT molecular complexity index is 937. The van der Waals surface area contributed by atoms with E-state index in [1.54, 1.807) is 20.8 Å². The van der Waals surface area contributed by atoms with Crippen LogP contribution in [0.5, 0.6) is 5.75 Å². The number of halogens is 1. The molecule has 0 aliphatic heterocycles. The number of nitrogens with two attached hydrogens (primary N) is 1. The number of ether oxygens (including phenoxy) is 2. The van der Waals surface area contributed by atoms with Gasteiger partial charge < -0.3 is 20.5 Å². The van der Waals surface area contributed by atoms with Crippen molar-refractivity contribution in [2.24, 2.45) is 0 Å². The Morgan fingerprint density at radius 2 is 1.76 bits per heavy atom. The summed E-state index contributed by atoms with van der Waals surface area (Å²) < 4.78 is 23.8. The first kappa shape index (κ1) is 21.7. The fourth-order valence-corrected chi connectivity index (χ4v) is 2.32. The average molecular weight is 402 g/mol. The third-order valence-corrected chi connectivity index (χ3v) is 3.63. The zero-order valence-corrected chi connectivity index (χ0v) is 16.6. The second-order valence-electron chi connectivity index (χ2n) is 7.11. The monoisotopic (exact) mass is 402 g/mol. The van der Waals surface area contributed by atoms with Crippen LogP contribution in [0.25, 0.3) is 0 Å². The number of carbonyl (C=O) groups excluding carboxylic acids is 2. The Morgan fingerprint density at radius 3 is 2.31 bits per heavy atom. The van der Waals surface area contributed by atoms with E-state index in [9.17, 15) is 14.0 Å². The van der Waals surface area contributed by atoms with Crippen molar-refractivity contribution in [2.75, 3.05) is 18.2 Å². The third-order valence-electron chi connectivity index (χ3n) is 3.63. The van der Waals surface area contributed by atoms with Gasteiger partial charge >= 0.3 is 6.09 Å². The fourth-order valence-electron chi connectivity index (χ4n) is 2.32. The van der Waals surface area contributed by atoms with E-state index in [0.29, 0.717) is 11.3 Å². The summed E-state index contributed by atoms with van der Waals surface area (Å²) in [5.74, 6) is -1.51. The number of anilines is 2. The van der Waals surface area contributed by atoms with E-state index in [4.69, 9.17) is 20.6 Å². The van der Waals surface area contributed by atoms with Crippen molar-refractivity contribution in [1.29, 1.82) is 5.41 Å². The van der Waals surface area contributed by atoms with E-state index >= 15 is 0 Å². The van der Waals surface area contributed by atoms with E-state index < -0.39 is 23.4 Å². The number of hydrogen-bond donors (Lipinski definition) is 4. The summed E-state index contributed by atoms with van der Waals surface area (Å²) in [7, 11) is 1.30. The van der Waals surface area contributed by atoms with E-state index in [0.717, 1.165) is 6.07 Å². The number of nitrogen functional groups attached to an aromatic ring is 1. The van der Waals surface area contributed by atoms with Crippen LogP contribution in [0.3, 0.4) is 0 Å². The Balaban J connectivity index is 2.05. The van der Waals surface area contributed by atoms with Gasteiger partial charge in [0.25, 0.3) is 5.91 Å². The van der Waals surface area contributed by atoms with Gasteiger partial charge in [0.05, 0.1) is 12.7 Å². The number of amides is 2. The highest BCUT2D eigenvalue weighted by molar-refractivity contribution is 6.08. The van der Waals surface area contributed by atoms with Crippen LogP contribution >= 0.6 is 0 Å². The smallest absolute Gasteiger partial charge is 0.413 e. The van der Waals surface area contributed by atoms with Gasteiger partial charge in [-0.15, -0.1) is 0 Å². The second-order valence-corrected chi connectivity index (χ2v) is 7.11. The van der Waals surface area contributed by atoms with Gasteiger partial charge in [0.1, 0.15) is 11.4 Å². The van der Waals surface area contributed by atoms with Crippen molar-refractivity contribution in [3.05, 3.63) is 53.3 Å². The molecule has 0 aromatic heterocycles. The molecular formula is C20H23FN4O4. The molecule has 0 saturated carbocycles. The van der Waals surface area contributed by atoms with Crippen molar-refractivity contribution in [1.82, 2.24) is 5.32 Å². The maximum atomic E-state index is 13.8. The summed E-state index contributed by atoms with van der Waals surface area (Å²) in [6, 6.07) is 8.37. The molecule has 8 nitrogen and oxygen atoms in total. The normalized spacial score (nSPS) is 10.8. The van der Waals surface area contributed by atoms with Crippen molar-refractivity contribution < 1.29 is 23.5 Å². The molecule has 0 bridgehead atoms. The quantitative estimate of drug-likeness (QED) is 0.354. The molecule has 2 aromatic rings. The van der Waals surface area contributed by atoms with Gasteiger partial charge in [-0.25, -0.2) is 9.18 Å². The zero-order chi connectivity index (χ0) is 21.8. The molecule has 0 fully saturated rings. The van der Waals surface area contributed by atoms with Crippen LogP contribution in [0.2, 0.25) is 0 Å². The predicted molar refractivity (Wildman–Crippen MR) is 108 cm³/mol. The van der Waals surface area contributed by atoms with Crippen LogP contribution in [0.1, 0.15) is 36.7 Å². The number of rotatable bonds is 4. The molecule has 0 heterocycles. The molecule has 29 heavy (non-hydrogen) atoms. The third kappa shape index (κ3) is 5.93. The van der Waals surface area contributed by atoms with Gasteiger partial charge in [-0.05, 0) is 51.1 Å². The first-order valence-electron chi connectivity index (χ1n) is 8.63. The van der Waals surface area contributed by atoms with E-state index in [-0.39, 0.29) is 22.8 Å². The second kappa shape index (κ2) is 8.59. The minimum Gasteiger partial charge on any atom is -0.494 e. The summed E-state index contributed by atoms with van der Waals surface area (Å²) in [6.07, 6.45) is -0.739. The Kier molecular flexibility index (Phi) is 6.42.